The summed E-state index contributed by atoms with van der Waals surface area (Å²) < 4.78 is 16.3. The Kier molecular flexibility index (Phi) is 4.65. The van der Waals surface area contributed by atoms with Gasteiger partial charge >= 0.3 is 5.97 Å². The van der Waals surface area contributed by atoms with Crippen molar-refractivity contribution in [2.24, 2.45) is 0 Å². The van der Waals surface area contributed by atoms with Crippen LogP contribution in [0.15, 0.2) is 57.4 Å². The number of para-hydroxylation sites is 2. The number of benzene rings is 2. The largest absolute Gasteiger partial charge is 0.456 e. The lowest BCUT2D eigenvalue weighted by Crippen LogP contribution is -2.06. The summed E-state index contributed by atoms with van der Waals surface area (Å²) in [5.74, 6) is 0.811. The van der Waals surface area contributed by atoms with Crippen LogP contribution in [0.5, 0.6) is 0 Å². The Balaban J connectivity index is 1.29. The van der Waals surface area contributed by atoms with Crippen LogP contribution in [0.3, 0.4) is 0 Å². The minimum absolute atomic E-state index is 0.00797. The van der Waals surface area contributed by atoms with Crippen LogP contribution in [0.4, 0.5) is 0 Å². The molecule has 4 aromatic rings. The summed E-state index contributed by atoms with van der Waals surface area (Å²) in [4.78, 5) is 16.2. The molecular weight excluding hydrogens is 346 g/mol. The van der Waals surface area contributed by atoms with Crippen molar-refractivity contribution in [2.45, 2.75) is 26.4 Å². The Labute approximate surface area is 155 Å². The maximum Gasteiger partial charge on any atom is 0.306 e. The zero-order valence-corrected chi connectivity index (χ0v) is 14.7. The number of hydrogen-bond acceptors (Lipinski definition) is 7. The molecule has 0 aliphatic rings. The fourth-order valence-electron chi connectivity index (χ4n) is 2.57. The molecule has 0 amide bonds. The lowest BCUT2D eigenvalue weighted by Gasteiger charge is -2.00. The zero-order chi connectivity index (χ0) is 18.6. The van der Waals surface area contributed by atoms with Crippen LogP contribution in [0.25, 0.3) is 22.6 Å². The number of esters is 1. The second-order valence-corrected chi connectivity index (χ2v) is 6.10. The third-order valence-electron chi connectivity index (χ3n) is 4.00. The smallest absolute Gasteiger partial charge is 0.306 e. The van der Waals surface area contributed by atoms with Gasteiger partial charge in [0, 0.05) is 12.0 Å². The fraction of sp³-hybridized carbons (Fsp3) is 0.200. The van der Waals surface area contributed by atoms with Crippen molar-refractivity contribution in [1.82, 2.24) is 15.2 Å². The molecule has 0 aliphatic carbocycles. The molecule has 2 aromatic carbocycles. The van der Waals surface area contributed by atoms with Gasteiger partial charge in [-0.05, 0) is 31.2 Å². The van der Waals surface area contributed by atoms with Crippen molar-refractivity contribution >= 4 is 17.1 Å². The average molecular weight is 363 g/mol. The lowest BCUT2D eigenvalue weighted by atomic mass is 10.1. The highest BCUT2D eigenvalue weighted by molar-refractivity contribution is 5.72. The van der Waals surface area contributed by atoms with Gasteiger partial charge in [0.05, 0.1) is 6.42 Å². The second kappa shape index (κ2) is 7.41. The van der Waals surface area contributed by atoms with Gasteiger partial charge in [-0.15, -0.1) is 10.2 Å². The summed E-state index contributed by atoms with van der Waals surface area (Å²) in [5, 5.41) is 8.00. The number of rotatable bonds is 6. The molecular formula is C20H17N3O4. The molecule has 136 valence electrons. The molecule has 0 N–H and O–H groups in total. The van der Waals surface area contributed by atoms with E-state index in [-0.39, 0.29) is 19.0 Å². The predicted molar refractivity (Wildman–Crippen MR) is 96.6 cm³/mol. The molecule has 2 aromatic heterocycles. The fourth-order valence-corrected chi connectivity index (χ4v) is 2.57. The Bertz CT molecular complexity index is 1030. The van der Waals surface area contributed by atoms with Gasteiger partial charge in [-0.2, -0.15) is 0 Å². The van der Waals surface area contributed by atoms with Crippen LogP contribution in [0, 0.1) is 6.92 Å². The number of aromatic nitrogens is 3. The van der Waals surface area contributed by atoms with Crippen molar-refractivity contribution in [3.05, 3.63) is 65.9 Å². The third kappa shape index (κ3) is 4.03. The molecule has 2 heterocycles. The summed E-state index contributed by atoms with van der Waals surface area (Å²) in [7, 11) is 0. The summed E-state index contributed by atoms with van der Waals surface area (Å²) in [5.41, 5.74) is 3.40. The molecule has 0 bridgehead atoms. The van der Waals surface area contributed by atoms with Crippen LogP contribution >= 0.6 is 0 Å². The number of hydrogen-bond donors (Lipinski definition) is 0. The highest BCUT2D eigenvalue weighted by Gasteiger charge is 2.13. The molecule has 0 saturated carbocycles. The molecule has 27 heavy (non-hydrogen) atoms. The van der Waals surface area contributed by atoms with Crippen molar-refractivity contribution in [1.29, 1.82) is 0 Å². The van der Waals surface area contributed by atoms with Crippen molar-refractivity contribution < 1.29 is 18.4 Å². The number of ether oxygens (including phenoxy) is 1. The normalized spacial score (nSPS) is 11.0. The maximum atomic E-state index is 11.9. The highest BCUT2D eigenvalue weighted by atomic mass is 16.5. The van der Waals surface area contributed by atoms with Gasteiger partial charge < -0.3 is 13.6 Å². The van der Waals surface area contributed by atoms with E-state index in [1.807, 2.05) is 55.5 Å². The molecule has 7 heteroatoms. The zero-order valence-electron chi connectivity index (χ0n) is 14.7. The topological polar surface area (TPSA) is 91.2 Å². The number of carbonyl (C=O) groups is 1. The van der Waals surface area contributed by atoms with Gasteiger partial charge in [-0.1, -0.05) is 29.8 Å². The molecule has 4 rings (SSSR count). The Morgan fingerprint density at radius 3 is 2.63 bits per heavy atom. The monoisotopic (exact) mass is 363 g/mol. The molecule has 7 nitrogen and oxygen atoms in total. The molecule has 0 saturated heterocycles. The minimum atomic E-state index is -0.382. The predicted octanol–water partition coefficient (Wildman–Crippen LogP) is 3.86. The average Bonchev–Trinajstić information content (AvgIpc) is 3.32. The van der Waals surface area contributed by atoms with Crippen LogP contribution in [0.1, 0.15) is 23.8 Å². The first-order chi connectivity index (χ1) is 13.2. The Hall–Kier alpha value is -3.48. The Morgan fingerprint density at radius 2 is 1.81 bits per heavy atom. The van der Waals surface area contributed by atoms with E-state index in [2.05, 4.69) is 15.2 Å². The second-order valence-electron chi connectivity index (χ2n) is 6.10. The van der Waals surface area contributed by atoms with Crippen molar-refractivity contribution in [2.75, 3.05) is 0 Å². The van der Waals surface area contributed by atoms with E-state index in [0.29, 0.717) is 29.7 Å². The summed E-state index contributed by atoms with van der Waals surface area (Å²) >= 11 is 0. The number of nitrogens with zero attached hydrogens (tertiary/aromatic N) is 3. The van der Waals surface area contributed by atoms with Gasteiger partial charge in [0.1, 0.15) is 5.52 Å². The van der Waals surface area contributed by atoms with Gasteiger partial charge in [-0.3, -0.25) is 4.79 Å². The quantitative estimate of drug-likeness (QED) is 0.480. The molecule has 0 atom stereocenters. The van der Waals surface area contributed by atoms with Crippen molar-refractivity contribution in [3.8, 4) is 11.5 Å². The van der Waals surface area contributed by atoms with Crippen LogP contribution in [-0.4, -0.2) is 21.2 Å². The van der Waals surface area contributed by atoms with Crippen LogP contribution in [-0.2, 0) is 22.6 Å². The number of oxazole rings is 1. The number of fused-ring (bicyclic) bond motifs is 1. The first kappa shape index (κ1) is 17.0. The van der Waals surface area contributed by atoms with E-state index >= 15 is 0 Å². The van der Waals surface area contributed by atoms with Gasteiger partial charge in [0.2, 0.25) is 17.7 Å². The maximum absolute atomic E-state index is 11.9. The number of carbonyl (C=O) groups excluding carboxylic acids is 1. The van der Waals surface area contributed by atoms with Crippen molar-refractivity contribution in [3.63, 3.8) is 0 Å². The standard InChI is InChI=1S/C20H17N3O4/c1-13-6-8-14(9-7-13)20-23-22-17(27-20)10-11-19(24)25-12-18-21-15-4-2-3-5-16(15)26-18/h2-9H,10-12H2,1H3. The SMILES string of the molecule is Cc1ccc(-c2nnc(CCC(=O)OCc3nc4ccccc4o3)o2)cc1. The summed E-state index contributed by atoms with van der Waals surface area (Å²) in [6, 6.07) is 15.2. The molecule has 0 unspecified atom stereocenters. The lowest BCUT2D eigenvalue weighted by molar-refractivity contribution is -0.145. The van der Waals surface area contributed by atoms with E-state index in [1.165, 1.54) is 0 Å². The highest BCUT2D eigenvalue weighted by Crippen LogP contribution is 2.19. The molecule has 0 spiro atoms. The van der Waals surface area contributed by atoms with Crippen LogP contribution in [0.2, 0.25) is 0 Å². The first-order valence-electron chi connectivity index (χ1n) is 8.57. The molecule has 0 aliphatic heterocycles. The van der Waals surface area contributed by atoms with Gasteiger partial charge in [0.15, 0.2) is 12.2 Å². The van der Waals surface area contributed by atoms with Gasteiger partial charge in [0.25, 0.3) is 0 Å². The third-order valence-corrected chi connectivity index (χ3v) is 4.00. The molecule has 0 radical (unpaired) electrons. The van der Waals surface area contributed by atoms with E-state index in [1.54, 1.807) is 0 Å². The van der Waals surface area contributed by atoms with E-state index in [4.69, 9.17) is 13.6 Å². The summed E-state index contributed by atoms with van der Waals surface area (Å²) in [6.07, 6.45) is 0.445. The van der Waals surface area contributed by atoms with E-state index in [0.717, 1.165) is 16.6 Å². The number of aryl methyl sites for hydroxylation is 2. The van der Waals surface area contributed by atoms with E-state index < -0.39 is 0 Å². The summed E-state index contributed by atoms with van der Waals surface area (Å²) in [6.45, 7) is 2.00. The van der Waals surface area contributed by atoms with Gasteiger partial charge in [-0.25, -0.2) is 4.98 Å². The van der Waals surface area contributed by atoms with E-state index in [9.17, 15) is 4.79 Å². The minimum Gasteiger partial charge on any atom is -0.456 e. The molecule has 0 fully saturated rings. The Morgan fingerprint density at radius 1 is 1.00 bits per heavy atom. The first-order valence-corrected chi connectivity index (χ1v) is 8.57. The van der Waals surface area contributed by atoms with Crippen LogP contribution < -0.4 is 0 Å².